The molecule has 3 rings (SSSR count). The monoisotopic (exact) mass is 478 g/mol. The Labute approximate surface area is 184 Å². The van der Waals surface area contributed by atoms with Crippen LogP contribution in [0.4, 0.5) is 0 Å². The van der Waals surface area contributed by atoms with Crippen LogP contribution in [0.5, 0.6) is 0 Å². The molecule has 0 aliphatic heterocycles. The van der Waals surface area contributed by atoms with Crippen LogP contribution < -0.4 is 15.9 Å². The van der Waals surface area contributed by atoms with Crippen LogP contribution in [0.2, 0.25) is 19.6 Å². The van der Waals surface area contributed by atoms with Crippen molar-refractivity contribution >= 4 is 44.8 Å². The first-order valence-corrected chi connectivity index (χ1v) is 17.9. The summed E-state index contributed by atoms with van der Waals surface area (Å²) in [6.45, 7) is 6.82. The van der Waals surface area contributed by atoms with Crippen molar-refractivity contribution in [3.8, 4) is 11.5 Å². The van der Waals surface area contributed by atoms with Crippen LogP contribution in [-0.4, -0.2) is 14.2 Å². The Kier molecular flexibility index (Phi) is 6.64. The summed E-state index contributed by atoms with van der Waals surface area (Å²) in [6, 6.07) is 32.6. The van der Waals surface area contributed by atoms with Gasteiger partial charge in [-0.3, -0.25) is 0 Å². The Hall–Kier alpha value is -1.91. The van der Waals surface area contributed by atoms with Gasteiger partial charge < -0.3 is 0 Å². The van der Waals surface area contributed by atoms with Crippen molar-refractivity contribution in [1.82, 2.24) is 0 Å². The fraction of sp³-hybridized carbons (Fsp3) is 0.154. The molecule has 0 nitrogen and oxygen atoms in total. The van der Waals surface area contributed by atoms with Crippen molar-refractivity contribution in [2.75, 3.05) is 6.16 Å². The molecule has 3 heteroatoms. The number of hydrogen-bond acceptors (Lipinski definition) is 0. The summed E-state index contributed by atoms with van der Waals surface area (Å²) in [4.78, 5) is 0. The molecule has 3 aromatic rings. The Bertz CT molecular complexity index is 927. The molecular formula is C26H28BrPSi. The summed E-state index contributed by atoms with van der Waals surface area (Å²) in [5.41, 5.74) is 3.44. The number of halogens is 1. The van der Waals surface area contributed by atoms with Crippen molar-refractivity contribution in [2.45, 2.75) is 19.6 Å². The summed E-state index contributed by atoms with van der Waals surface area (Å²) < 4.78 is 0. The van der Waals surface area contributed by atoms with Gasteiger partial charge in [0.15, 0.2) is 0 Å². The van der Waals surface area contributed by atoms with E-state index in [2.05, 4.69) is 150 Å². The molecule has 0 radical (unpaired) electrons. The van der Waals surface area contributed by atoms with Gasteiger partial charge in [-0.15, -0.1) is 0 Å². The Morgan fingerprint density at radius 1 is 0.724 bits per heavy atom. The summed E-state index contributed by atoms with van der Waals surface area (Å²) in [6.07, 6.45) is 5.19. The molecule has 0 atom stereocenters. The molecule has 0 aromatic heterocycles. The van der Waals surface area contributed by atoms with Gasteiger partial charge in [-0.05, 0) is 0 Å². The predicted octanol–water partition coefficient (Wildman–Crippen LogP) is 6.26. The van der Waals surface area contributed by atoms with Gasteiger partial charge in [0, 0.05) is 0 Å². The molecule has 148 valence electrons. The van der Waals surface area contributed by atoms with Gasteiger partial charge in [-0.1, -0.05) is 0 Å². The van der Waals surface area contributed by atoms with E-state index in [-0.39, 0.29) is 0 Å². The molecule has 0 N–H and O–H groups in total. The SMILES string of the molecule is C[Si](C)(C)C#C/C=C/CP(Br)(c1ccccc1)(c1ccccc1)c1ccccc1. The second-order valence-electron chi connectivity index (χ2n) is 8.29. The van der Waals surface area contributed by atoms with Gasteiger partial charge in [0.25, 0.3) is 0 Å². The zero-order valence-corrected chi connectivity index (χ0v) is 20.8. The first kappa shape index (κ1) is 21.8. The Balaban J connectivity index is 2.24. The standard InChI is InChI=1S/C26H28BrPSi/c1-29(2,3)23-15-7-14-22-28(27,24-16-8-4-9-17-24,25-18-10-5-11-19-25)26-20-12-6-13-21-26/h4-14,16-21H,22H2,1-3H3/b14-7+. The second-order valence-corrected chi connectivity index (χ2v) is 22.0. The van der Waals surface area contributed by atoms with Gasteiger partial charge in [-0.2, -0.15) is 0 Å². The van der Waals surface area contributed by atoms with E-state index in [1.54, 1.807) is 0 Å². The van der Waals surface area contributed by atoms with Crippen molar-refractivity contribution in [3.05, 3.63) is 103 Å². The van der Waals surface area contributed by atoms with Gasteiger partial charge in [0.05, 0.1) is 0 Å². The maximum absolute atomic E-state index is 4.45. The third-order valence-corrected chi connectivity index (χ3v) is 15.5. The minimum atomic E-state index is -2.86. The van der Waals surface area contributed by atoms with Crippen LogP contribution in [0.15, 0.2) is 103 Å². The third-order valence-electron chi connectivity index (χ3n) is 4.98. The molecule has 0 fully saturated rings. The van der Waals surface area contributed by atoms with E-state index >= 15 is 0 Å². The first-order valence-electron chi connectivity index (χ1n) is 9.92. The number of hydrogen-bond donors (Lipinski definition) is 0. The van der Waals surface area contributed by atoms with Crippen LogP contribution in [0.25, 0.3) is 0 Å². The molecule has 0 unspecified atom stereocenters. The van der Waals surface area contributed by atoms with Gasteiger partial charge in [0.1, 0.15) is 0 Å². The van der Waals surface area contributed by atoms with Crippen LogP contribution >= 0.6 is 20.8 Å². The van der Waals surface area contributed by atoms with E-state index in [0.29, 0.717) is 0 Å². The van der Waals surface area contributed by atoms with E-state index in [9.17, 15) is 0 Å². The average molecular weight is 479 g/mol. The quantitative estimate of drug-likeness (QED) is 0.230. The van der Waals surface area contributed by atoms with Gasteiger partial charge in [-0.25, -0.2) is 0 Å². The van der Waals surface area contributed by atoms with Crippen LogP contribution in [-0.2, 0) is 0 Å². The number of rotatable bonds is 5. The molecule has 0 aliphatic carbocycles. The molecule has 29 heavy (non-hydrogen) atoms. The van der Waals surface area contributed by atoms with E-state index in [1.807, 2.05) is 0 Å². The van der Waals surface area contributed by atoms with Gasteiger partial charge in [0.2, 0.25) is 0 Å². The van der Waals surface area contributed by atoms with E-state index in [1.165, 1.54) is 15.9 Å². The van der Waals surface area contributed by atoms with Crippen molar-refractivity contribution < 1.29 is 0 Å². The zero-order chi connectivity index (χ0) is 20.8. The number of allylic oxidation sites excluding steroid dienone is 2. The fourth-order valence-corrected chi connectivity index (χ4v) is 11.1. The number of benzene rings is 3. The molecule has 0 aliphatic rings. The van der Waals surface area contributed by atoms with Crippen LogP contribution in [0.1, 0.15) is 0 Å². The first-order chi connectivity index (χ1) is 13.8. The molecule has 0 saturated carbocycles. The molecular weight excluding hydrogens is 451 g/mol. The van der Waals surface area contributed by atoms with E-state index < -0.39 is 13.4 Å². The summed E-state index contributed by atoms with van der Waals surface area (Å²) in [7, 11) is -1.38. The normalized spacial score (nSPS) is 13.3. The second kappa shape index (κ2) is 8.84. The Morgan fingerprint density at radius 3 is 1.45 bits per heavy atom. The third kappa shape index (κ3) is 4.64. The van der Waals surface area contributed by atoms with Crippen molar-refractivity contribution in [1.29, 1.82) is 0 Å². The molecule has 0 amide bonds. The van der Waals surface area contributed by atoms with Crippen molar-refractivity contribution in [3.63, 3.8) is 0 Å². The molecule has 3 aromatic carbocycles. The van der Waals surface area contributed by atoms with Crippen LogP contribution in [0.3, 0.4) is 0 Å². The molecule has 0 spiro atoms. The van der Waals surface area contributed by atoms with Crippen molar-refractivity contribution in [2.24, 2.45) is 0 Å². The predicted molar refractivity (Wildman–Crippen MR) is 139 cm³/mol. The van der Waals surface area contributed by atoms with E-state index in [0.717, 1.165) is 6.16 Å². The molecule has 0 bridgehead atoms. The average Bonchev–Trinajstić information content (AvgIpc) is 2.74. The van der Waals surface area contributed by atoms with Gasteiger partial charge >= 0.3 is 185 Å². The summed E-state index contributed by atoms with van der Waals surface area (Å²) in [5, 5.41) is 1.13. The minimum absolute atomic E-state index is 0.879. The zero-order valence-electron chi connectivity index (χ0n) is 17.3. The maximum atomic E-state index is 4.45. The summed E-state index contributed by atoms with van der Waals surface area (Å²) >= 11 is 4.45. The topological polar surface area (TPSA) is 0 Å². The van der Waals surface area contributed by atoms with Crippen LogP contribution in [0, 0.1) is 11.5 Å². The molecule has 0 saturated heterocycles. The van der Waals surface area contributed by atoms with E-state index in [4.69, 9.17) is 0 Å². The summed E-state index contributed by atoms with van der Waals surface area (Å²) in [5.74, 6) is 3.30. The Morgan fingerprint density at radius 2 is 1.10 bits per heavy atom. The molecule has 0 heterocycles. The fourth-order valence-electron chi connectivity index (χ4n) is 3.55.